The monoisotopic (exact) mass is 367 g/mol. The fraction of sp³-hybridized carbons (Fsp3) is 0.500. The van der Waals surface area contributed by atoms with Crippen molar-refractivity contribution in [3.8, 4) is 11.5 Å². The van der Waals surface area contributed by atoms with Crippen LogP contribution in [-0.2, 0) is 6.42 Å². The van der Waals surface area contributed by atoms with Gasteiger partial charge in [-0.25, -0.2) is 0 Å². The van der Waals surface area contributed by atoms with Crippen molar-refractivity contribution in [1.29, 1.82) is 0 Å². The molecule has 3 rings (SSSR count). The molecule has 6 heteroatoms. The van der Waals surface area contributed by atoms with Crippen molar-refractivity contribution < 1.29 is 23.0 Å². The van der Waals surface area contributed by atoms with Gasteiger partial charge in [-0.2, -0.15) is 13.2 Å². The smallest absolute Gasteiger partial charge is 0.412 e. The standard InChI is InChI=1S/C20H24F3NO2/c1-13(3-4-14-5-8-18(25)19(9-14)26-2)24-11-15-6-7-17(20(21,22)23)10-16(15)12-24/h5,8-10,13,25H,3-4,6-7,11-12H2,1-2H3/t13-/m1/s1. The molecule has 1 atom stereocenters. The Hall–Kier alpha value is -1.95. The van der Waals surface area contributed by atoms with E-state index < -0.39 is 11.7 Å². The molecule has 142 valence electrons. The predicted octanol–water partition coefficient (Wildman–Crippen LogP) is 4.62. The Bertz CT molecular complexity index is 737. The van der Waals surface area contributed by atoms with E-state index in [1.165, 1.54) is 13.2 Å². The second-order valence-corrected chi connectivity index (χ2v) is 7.10. The third-order valence-corrected chi connectivity index (χ3v) is 5.35. The summed E-state index contributed by atoms with van der Waals surface area (Å²) in [7, 11) is 1.52. The predicted molar refractivity (Wildman–Crippen MR) is 94.4 cm³/mol. The number of halogens is 3. The fourth-order valence-corrected chi connectivity index (χ4v) is 3.66. The lowest BCUT2D eigenvalue weighted by Gasteiger charge is -2.24. The maximum Gasteiger partial charge on any atom is 0.412 e. The number of nitrogens with zero attached hydrogens (tertiary/aromatic N) is 1. The van der Waals surface area contributed by atoms with Crippen molar-refractivity contribution >= 4 is 0 Å². The quantitative estimate of drug-likeness (QED) is 0.825. The zero-order chi connectivity index (χ0) is 18.9. The molecule has 0 saturated carbocycles. The summed E-state index contributed by atoms with van der Waals surface area (Å²) in [6.45, 7) is 3.47. The zero-order valence-electron chi connectivity index (χ0n) is 15.1. The van der Waals surface area contributed by atoms with E-state index in [1.807, 2.05) is 12.1 Å². The maximum atomic E-state index is 12.9. The molecule has 0 amide bonds. The van der Waals surface area contributed by atoms with E-state index in [9.17, 15) is 18.3 Å². The topological polar surface area (TPSA) is 32.7 Å². The SMILES string of the molecule is COc1cc(CC[C@@H](C)N2CC3=C(CCC(C(F)(F)F)=C3)C2)ccc1O. The van der Waals surface area contributed by atoms with Crippen LogP contribution in [0.1, 0.15) is 31.7 Å². The van der Waals surface area contributed by atoms with E-state index in [0.717, 1.165) is 36.1 Å². The molecule has 0 radical (unpaired) electrons. The van der Waals surface area contributed by atoms with Gasteiger partial charge in [-0.05, 0) is 62.0 Å². The molecule has 0 spiro atoms. The van der Waals surface area contributed by atoms with Gasteiger partial charge in [-0.1, -0.05) is 11.6 Å². The highest BCUT2D eigenvalue weighted by molar-refractivity contribution is 5.42. The lowest BCUT2D eigenvalue weighted by molar-refractivity contribution is -0.0941. The van der Waals surface area contributed by atoms with Crippen molar-refractivity contribution in [3.05, 3.63) is 46.6 Å². The molecule has 26 heavy (non-hydrogen) atoms. The van der Waals surface area contributed by atoms with Crippen LogP contribution in [0.2, 0.25) is 0 Å². The average molecular weight is 367 g/mol. The lowest BCUT2D eigenvalue weighted by atomic mass is 9.94. The molecule has 0 bridgehead atoms. The fourth-order valence-electron chi connectivity index (χ4n) is 3.66. The van der Waals surface area contributed by atoms with Gasteiger partial charge < -0.3 is 9.84 Å². The van der Waals surface area contributed by atoms with Crippen LogP contribution in [0.25, 0.3) is 0 Å². The molecule has 1 aromatic rings. The minimum Gasteiger partial charge on any atom is -0.504 e. The number of hydrogen-bond donors (Lipinski definition) is 1. The number of benzene rings is 1. The number of phenols is 1. The Morgan fingerprint density at radius 3 is 2.69 bits per heavy atom. The lowest BCUT2D eigenvalue weighted by Crippen LogP contribution is -2.32. The third-order valence-electron chi connectivity index (χ3n) is 5.35. The summed E-state index contributed by atoms with van der Waals surface area (Å²) < 4.78 is 43.9. The number of phenolic OH excluding ortho intramolecular Hbond substituents is 1. The maximum absolute atomic E-state index is 12.9. The van der Waals surface area contributed by atoms with Crippen LogP contribution in [0.3, 0.4) is 0 Å². The first-order valence-electron chi connectivity index (χ1n) is 8.86. The minimum atomic E-state index is -4.21. The first-order chi connectivity index (χ1) is 12.3. The number of aromatic hydroxyl groups is 1. The van der Waals surface area contributed by atoms with E-state index in [-0.39, 0.29) is 18.2 Å². The van der Waals surface area contributed by atoms with Gasteiger partial charge in [0.25, 0.3) is 0 Å². The third kappa shape index (κ3) is 4.06. The summed E-state index contributed by atoms with van der Waals surface area (Å²) in [6, 6.07) is 5.59. The summed E-state index contributed by atoms with van der Waals surface area (Å²) in [5, 5.41) is 9.66. The Balaban J connectivity index is 1.58. The summed E-state index contributed by atoms with van der Waals surface area (Å²) in [6.07, 6.45) is -0.532. The summed E-state index contributed by atoms with van der Waals surface area (Å²) in [4.78, 5) is 2.25. The van der Waals surface area contributed by atoms with Crippen LogP contribution < -0.4 is 4.74 Å². The number of aryl methyl sites for hydroxylation is 1. The van der Waals surface area contributed by atoms with Crippen molar-refractivity contribution in [2.45, 2.75) is 44.8 Å². The molecular formula is C20H24F3NO2. The van der Waals surface area contributed by atoms with Gasteiger partial charge in [-0.3, -0.25) is 4.90 Å². The Morgan fingerprint density at radius 1 is 1.23 bits per heavy atom. The molecule has 0 aromatic heterocycles. The van der Waals surface area contributed by atoms with Gasteiger partial charge in [0, 0.05) is 24.7 Å². The van der Waals surface area contributed by atoms with Gasteiger partial charge in [0.2, 0.25) is 0 Å². The zero-order valence-corrected chi connectivity index (χ0v) is 15.1. The van der Waals surface area contributed by atoms with Crippen molar-refractivity contribution in [2.75, 3.05) is 20.2 Å². The van der Waals surface area contributed by atoms with Crippen LogP contribution in [-0.4, -0.2) is 42.4 Å². The second-order valence-electron chi connectivity index (χ2n) is 7.10. The molecule has 0 unspecified atom stereocenters. The van der Waals surface area contributed by atoms with Crippen LogP contribution in [0.4, 0.5) is 13.2 Å². The van der Waals surface area contributed by atoms with Crippen LogP contribution in [0.15, 0.2) is 41.0 Å². The number of hydrogen-bond acceptors (Lipinski definition) is 3. The van der Waals surface area contributed by atoms with Gasteiger partial charge in [0.1, 0.15) is 0 Å². The molecule has 3 nitrogen and oxygen atoms in total. The highest BCUT2D eigenvalue weighted by Gasteiger charge is 2.37. The van der Waals surface area contributed by atoms with E-state index >= 15 is 0 Å². The average Bonchev–Trinajstić information content (AvgIpc) is 3.03. The Labute approximate surface area is 151 Å². The molecule has 1 aromatic carbocycles. The second kappa shape index (κ2) is 7.35. The van der Waals surface area contributed by atoms with Gasteiger partial charge in [-0.15, -0.1) is 0 Å². The summed E-state index contributed by atoms with van der Waals surface area (Å²) in [5.41, 5.74) is 2.67. The molecule has 0 fully saturated rings. The Kier molecular flexibility index (Phi) is 5.32. The first kappa shape index (κ1) is 18.8. The number of rotatable bonds is 5. The highest BCUT2D eigenvalue weighted by Crippen LogP contribution is 2.38. The minimum absolute atomic E-state index is 0.0951. The van der Waals surface area contributed by atoms with Gasteiger partial charge in [0.15, 0.2) is 11.5 Å². The summed E-state index contributed by atoms with van der Waals surface area (Å²) in [5.74, 6) is 0.575. The van der Waals surface area contributed by atoms with Crippen molar-refractivity contribution in [3.63, 3.8) is 0 Å². The van der Waals surface area contributed by atoms with Gasteiger partial charge in [0.05, 0.1) is 7.11 Å². The normalized spacial score (nSPS) is 19.3. The van der Waals surface area contributed by atoms with E-state index in [2.05, 4.69) is 11.8 Å². The van der Waals surface area contributed by atoms with Crippen LogP contribution in [0, 0.1) is 0 Å². The van der Waals surface area contributed by atoms with Crippen molar-refractivity contribution in [1.82, 2.24) is 4.90 Å². The molecule has 1 aliphatic heterocycles. The molecule has 1 aliphatic carbocycles. The molecule has 1 heterocycles. The number of ether oxygens (including phenoxy) is 1. The van der Waals surface area contributed by atoms with Crippen molar-refractivity contribution in [2.24, 2.45) is 0 Å². The van der Waals surface area contributed by atoms with Gasteiger partial charge >= 0.3 is 6.18 Å². The van der Waals surface area contributed by atoms with Crippen LogP contribution in [0.5, 0.6) is 11.5 Å². The molecule has 0 saturated heterocycles. The van der Waals surface area contributed by atoms with E-state index in [0.29, 0.717) is 18.7 Å². The number of methoxy groups -OCH3 is 1. The molecule has 1 N–H and O–H groups in total. The number of alkyl halides is 3. The van der Waals surface area contributed by atoms with Crippen LogP contribution >= 0.6 is 0 Å². The summed E-state index contributed by atoms with van der Waals surface area (Å²) >= 11 is 0. The highest BCUT2D eigenvalue weighted by atomic mass is 19.4. The molecule has 2 aliphatic rings. The largest absolute Gasteiger partial charge is 0.504 e. The van der Waals surface area contributed by atoms with E-state index in [1.54, 1.807) is 6.07 Å². The van der Waals surface area contributed by atoms with E-state index in [4.69, 9.17) is 4.74 Å². The number of allylic oxidation sites excluding steroid dienone is 1. The Morgan fingerprint density at radius 2 is 2.00 bits per heavy atom. The first-order valence-corrected chi connectivity index (χ1v) is 8.86. The molecular weight excluding hydrogens is 343 g/mol.